The van der Waals surface area contributed by atoms with Crippen LogP contribution in [0.4, 0.5) is 0 Å². The van der Waals surface area contributed by atoms with E-state index < -0.39 is 0 Å². The van der Waals surface area contributed by atoms with Gasteiger partial charge in [0.15, 0.2) is 5.65 Å². The third-order valence-corrected chi connectivity index (χ3v) is 2.89. The van der Waals surface area contributed by atoms with Gasteiger partial charge in [-0.3, -0.25) is 0 Å². The molecule has 18 heavy (non-hydrogen) atoms. The zero-order chi connectivity index (χ0) is 11.9. The van der Waals surface area contributed by atoms with Crippen molar-refractivity contribution in [3.8, 4) is 11.3 Å². The average Bonchev–Trinajstić information content (AvgIpc) is 2.99. The zero-order valence-electron chi connectivity index (χ0n) is 9.43. The first-order chi connectivity index (χ1) is 8.92. The van der Waals surface area contributed by atoms with E-state index >= 15 is 0 Å². The van der Waals surface area contributed by atoms with Crippen LogP contribution in [0.1, 0.15) is 0 Å². The van der Waals surface area contributed by atoms with Crippen LogP contribution in [0.2, 0.25) is 0 Å². The number of hydrogen-bond acceptors (Lipinski definition) is 2. The number of nitrogens with zero attached hydrogens (tertiary/aromatic N) is 5. The molecule has 0 unspecified atom stereocenters. The van der Waals surface area contributed by atoms with Gasteiger partial charge in [0.05, 0.1) is 5.69 Å². The first kappa shape index (κ1) is 9.35. The minimum Gasteiger partial charge on any atom is -0.360 e. The summed E-state index contributed by atoms with van der Waals surface area (Å²) >= 11 is 0. The quantitative estimate of drug-likeness (QED) is 0.464. The molecule has 0 atom stereocenters. The molecule has 86 valence electrons. The van der Waals surface area contributed by atoms with Gasteiger partial charge in [0.2, 0.25) is 6.20 Å². The Bertz CT molecular complexity index is 828. The van der Waals surface area contributed by atoms with Crippen molar-refractivity contribution in [2.24, 2.45) is 0 Å². The van der Waals surface area contributed by atoms with Crippen molar-refractivity contribution in [1.29, 1.82) is 0 Å². The number of hydrogen-bond donors (Lipinski definition) is 0. The van der Waals surface area contributed by atoms with Gasteiger partial charge < -0.3 is 4.98 Å². The van der Waals surface area contributed by atoms with E-state index in [0.29, 0.717) is 5.65 Å². The van der Waals surface area contributed by atoms with Gasteiger partial charge in [-0.05, 0) is 6.20 Å². The van der Waals surface area contributed by atoms with E-state index in [9.17, 15) is 0 Å². The van der Waals surface area contributed by atoms with Crippen molar-refractivity contribution in [1.82, 2.24) is 19.6 Å². The molecule has 3 heterocycles. The van der Waals surface area contributed by atoms with Crippen molar-refractivity contribution in [3.63, 3.8) is 0 Å². The van der Waals surface area contributed by atoms with Crippen molar-refractivity contribution in [3.05, 3.63) is 55.0 Å². The maximum absolute atomic E-state index is 4.62. The third-order valence-electron chi connectivity index (χ3n) is 2.89. The molecule has 0 spiro atoms. The first-order valence-corrected chi connectivity index (χ1v) is 5.66. The molecule has 0 amide bonds. The summed E-state index contributed by atoms with van der Waals surface area (Å²) < 4.78 is 3.59. The molecule has 0 saturated heterocycles. The minimum atomic E-state index is 0.648. The van der Waals surface area contributed by atoms with Crippen molar-refractivity contribution < 1.29 is 4.63 Å². The maximum atomic E-state index is 4.62. The first-order valence-electron chi connectivity index (χ1n) is 5.66. The monoisotopic (exact) mass is 235 g/mol. The Hall–Kier alpha value is -2.69. The second kappa shape index (κ2) is 3.40. The van der Waals surface area contributed by atoms with Gasteiger partial charge in [0, 0.05) is 17.8 Å². The molecule has 3 aromatic heterocycles. The summed E-state index contributed by atoms with van der Waals surface area (Å²) in [5.41, 5.74) is 3.32. The second-order valence-electron chi connectivity index (χ2n) is 4.02. The lowest BCUT2D eigenvalue weighted by atomic mass is 10.2. The fraction of sp³-hybridized carbons (Fsp3) is 0. The van der Waals surface area contributed by atoms with E-state index in [4.69, 9.17) is 0 Å². The van der Waals surface area contributed by atoms with E-state index in [2.05, 4.69) is 15.1 Å². The van der Waals surface area contributed by atoms with Crippen LogP contribution in [0.15, 0.2) is 55.0 Å². The molecule has 5 heteroatoms. The number of benzene rings is 1. The summed E-state index contributed by atoms with van der Waals surface area (Å²) in [7, 11) is 0. The Morgan fingerprint density at radius 1 is 1.11 bits per heavy atom. The predicted octanol–water partition coefficient (Wildman–Crippen LogP) is 1.09. The molecule has 0 aliphatic heterocycles. The van der Waals surface area contributed by atoms with E-state index in [1.807, 2.05) is 53.3 Å². The number of aromatic nitrogens is 5. The standard InChI is InChI=1S/C13H9N5/c1-2-5-10(6-3-1)11-9-14-12-13(15-11)17-7-4-8-18(17)16-12/h1-9H. The smallest absolute Gasteiger partial charge is 0.203 e. The second-order valence-corrected chi connectivity index (χ2v) is 4.02. The molecule has 0 N–H and O–H groups in total. The molecule has 0 fully saturated rings. The van der Waals surface area contributed by atoms with Crippen LogP contribution in [-0.4, -0.2) is 14.5 Å². The van der Waals surface area contributed by atoms with E-state index in [0.717, 1.165) is 16.9 Å². The summed E-state index contributed by atoms with van der Waals surface area (Å²) in [4.78, 5) is 8.97. The molecule has 0 saturated carbocycles. The molecule has 0 aliphatic carbocycles. The van der Waals surface area contributed by atoms with Crippen LogP contribution in [0.25, 0.3) is 22.6 Å². The predicted molar refractivity (Wildman–Crippen MR) is 64.9 cm³/mol. The Balaban J connectivity index is 2.02. The Labute approximate surface area is 102 Å². The molecular formula is C13H9N5. The normalized spacial score (nSPS) is 11.3. The Morgan fingerprint density at radius 2 is 2.00 bits per heavy atom. The summed E-state index contributed by atoms with van der Waals surface area (Å²) in [6, 6.07) is 11.9. The lowest BCUT2D eigenvalue weighted by Gasteiger charge is -2.01. The van der Waals surface area contributed by atoms with Crippen molar-refractivity contribution in [2.45, 2.75) is 0 Å². The molecule has 4 aromatic rings. The van der Waals surface area contributed by atoms with Gasteiger partial charge in [0.1, 0.15) is 5.65 Å². The van der Waals surface area contributed by atoms with Gasteiger partial charge in [-0.15, -0.1) is 5.10 Å². The molecular weight excluding hydrogens is 226 g/mol. The SMILES string of the molecule is c1ccc(-c2cnc3[n-][n+]4cccn4c3n2)cc1. The summed E-state index contributed by atoms with van der Waals surface area (Å²) in [6.45, 7) is 0. The molecule has 1 aromatic carbocycles. The molecule has 0 bridgehead atoms. The fourth-order valence-electron chi connectivity index (χ4n) is 2.03. The van der Waals surface area contributed by atoms with Gasteiger partial charge in [-0.1, -0.05) is 35.0 Å². The summed E-state index contributed by atoms with van der Waals surface area (Å²) in [5.74, 6) is 0. The van der Waals surface area contributed by atoms with E-state index in [1.165, 1.54) is 0 Å². The van der Waals surface area contributed by atoms with Crippen LogP contribution < -0.4 is 9.73 Å². The van der Waals surface area contributed by atoms with Gasteiger partial charge >= 0.3 is 0 Å². The highest BCUT2D eigenvalue weighted by Gasteiger charge is 2.07. The molecule has 5 nitrogen and oxygen atoms in total. The van der Waals surface area contributed by atoms with Crippen LogP contribution >= 0.6 is 0 Å². The molecule has 4 rings (SSSR count). The Morgan fingerprint density at radius 3 is 2.89 bits per heavy atom. The third kappa shape index (κ3) is 1.24. The fourth-order valence-corrected chi connectivity index (χ4v) is 2.03. The Kier molecular flexibility index (Phi) is 1.77. The lowest BCUT2D eigenvalue weighted by molar-refractivity contribution is -0.674. The average molecular weight is 235 g/mol. The van der Waals surface area contributed by atoms with Crippen molar-refractivity contribution >= 4 is 11.3 Å². The van der Waals surface area contributed by atoms with E-state index in [1.54, 1.807) is 10.8 Å². The topological polar surface area (TPSA) is 48.4 Å². The lowest BCUT2D eigenvalue weighted by Crippen LogP contribution is -2.28. The van der Waals surface area contributed by atoms with Gasteiger partial charge in [0.25, 0.3) is 0 Å². The van der Waals surface area contributed by atoms with Gasteiger partial charge in [-0.2, -0.15) is 4.52 Å². The number of rotatable bonds is 1. The zero-order valence-corrected chi connectivity index (χ0v) is 9.43. The number of fused-ring (bicyclic) bond motifs is 3. The minimum absolute atomic E-state index is 0.648. The highest BCUT2D eigenvalue weighted by Crippen LogP contribution is 2.16. The summed E-state index contributed by atoms with van der Waals surface area (Å²) in [5, 5.41) is 4.32. The van der Waals surface area contributed by atoms with Crippen molar-refractivity contribution in [2.75, 3.05) is 0 Å². The maximum Gasteiger partial charge on any atom is 0.203 e. The highest BCUT2D eigenvalue weighted by molar-refractivity contribution is 5.69. The molecule has 0 aliphatic rings. The summed E-state index contributed by atoms with van der Waals surface area (Å²) in [6.07, 6.45) is 5.54. The van der Waals surface area contributed by atoms with Gasteiger partial charge in [-0.25, -0.2) is 4.98 Å². The highest BCUT2D eigenvalue weighted by atomic mass is 15.5. The van der Waals surface area contributed by atoms with E-state index in [-0.39, 0.29) is 0 Å². The largest absolute Gasteiger partial charge is 0.360 e. The van der Waals surface area contributed by atoms with Crippen LogP contribution in [0.5, 0.6) is 0 Å². The molecule has 0 radical (unpaired) electrons. The van der Waals surface area contributed by atoms with Crippen LogP contribution in [-0.2, 0) is 0 Å². The van der Waals surface area contributed by atoms with Crippen LogP contribution in [0.3, 0.4) is 0 Å². The van der Waals surface area contributed by atoms with Crippen LogP contribution in [0, 0.1) is 0 Å².